The lowest BCUT2D eigenvalue weighted by Gasteiger charge is -2.46. The van der Waals surface area contributed by atoms with Crippen LogP contribution < -0.4 is 10.6 Å². The third-order valence-electron chi connectivity index (χ3n) is 16.8. The van der Waals surface area contributed by atoms with Crippen molar-refractivity contribution in [2.45, 2.75) is 152 Å². The second-order valence-corrected chi connectivity index (χ2v) is 33.2. The molecule has 8 aliphatic rings. The molecular formula is C51H74ClF2N11O5S2Si. The molecule has 1 saturated carbocycles. The van der Waals surface area contributed by atoms with Gasteiger partial charge in [-0.05, 0) is 172 Å². The van der Waals surface area contributed by atoms with E-state index in [-0.39, 0.29) is 30.7 Å². The minimum absolute atomic E-state index is 0.0471. The van der Waals surface area contributed by atoms with Gasteiger partial charge >= 0.3 is 0 Å². The number of hydrogen-bond donors (Lipinski definition) is 3. The van der Waals surface area contributed by atoms with Crippen molar-refractivity contribution in [1.82, 2.24) is 44.1 Å². The number of alkyl halides is 2. The fourth-order valence-corrected chi connectivity index (χ4v) is 15.6. The Hall–Kier alpha value is -3.57. The number of nitrogens with zero attached hydrogens (tertiary/aromatic N) is 8. The molecule has 4 fully saturated rings. The number of fused-ring (bicyclic) bond motifs is 4. The zero-order valence-corrected chi connectivity index (χ0v) is 46.3. The molecule has 5 aliphatic carbocycles. The summed E-state index contributed by atoms with van der Waals surface area (Å²) in [6.07, 6.45) is 19.5. The SMILES string of the molecule is C[Si](C)(C)CCOCn1nc(S(=O)(=O)Cl)nc1Nc1c2c(cc3c1CCC3)CCC2.FCCN1CCC2(CCC2)C1.O=S(=O)(c1nc(Nc2c3c(cc4c2CCC4)CCC3)n[nH]1)N1CC2(CCN(CCF)C2)C1. The van der Waals surface area contributed by atoms with Gasteiger partial charge in [-0.1, -0.05) is 38.2 Å². The summed E-state index contributed by atoms with van der Waals surface area (Å²) in [6.45, 7) is 13.0. The molecule has 5 heterocycles. The van der Waals surface area contributed by atoms with Crippen molar-refractivity contribution in [3.8, 4) is 0 Å². The van der Waals surface area contributed by atoms with Crippen LogP contribution in [0.3, 0.4) is 0 Å². The molecule has 0 unspecified atom stereocenters. The van der Waals surface area contributed by atoms with Gasteiger partial charge in [0.05, 0.1) is 0 Å². The number of sulfonamides is 1. The van der Waals surface area contributed by atoms with Crippen molar-refractivity contribution in [1.29, 1.82) is 0 Å². The Morgan fingerprint density at radius 1 is 0.699 bits per heavy atom. The number of anilines is 4. The molecule has 2 spiro atoms. The molecule has 2 aromatic heterocycles. The van der Waals surface area contributed by atoms with Gasteiger partial charge < -0.3 is 25.2 Å². The predicted octanol–water partition coefficient (Wildman–Crippen LogP) is 8.26. The lowest BCUT2D eigenvalue weighted by Crippen LogP contribution is -2.59. The Kier molecular flexibility index (Phi) is 15.5. The lowest BCUT2D eigenvalue weighted by molar-refractivity contribution is 0.0767. The van der Waals surface area contributed by atoms with E-state index < -0.39 is 32.3 Å². The van der Waals surface area contributed by atoms with Gasteiger partial charge in [-0.2, -0.15) is 14.3 Å². The van der Waals surface area contributed by atoms with E-state index in [1.54, 1.807) is 0 Å². The van der Waals surface area contributed by atoms with Gasteiger partial charge in [0, 0.05) is 81.4 Å². The molecule has 73 heavy (non-hydrogen) atoms. The van der Waals surface area contributed by atoms with Crippen LogP contribution in [0.5, 0.6) is 0 Å². The first-order valence-electron chi connectivity index (χ1n) is 26.8. The standard InChI is InChI=1S/C22H29FN6O2S.C20H29ClN4O3SSi.C9H16FN/c23-8-10-28-9-7-22(12-28)13-29(14-22)32(30,31)21-25-20(26-27-21)24-19-17-5-1-3-15(17)11-16-4-2-6-18(16)19;1-30(2,3)11-10-28-13-25-19(23-20(24-25)29(21,26)27)22-18-16-8-4-6-14(16)12-15-7-5-9-17(15)18;10-5-7-11-6-4-9(8-11)2-1-3-9/h11H,1-10,12-14H2,(H2,24,25,26,27);12H,4-11,13H2,1-3H3,(H,22,23,24);1-8H2. The number of H-pyrrole nitrogens is 1. The van der Waals surface area contributed by atoms with E-state index in [9.17, 15) is 25.6 Å². The number of ether oxygens (including phenoxy) is 1. The van der Waals surface area contributed by atoms with E-state index in [0.717, 1.165) is 121 Å². The second-order valence-electron chi connectivity index (χ2n) is 23.2. The quantitative estimate of drug-likeness (QED) is 0.0555. The van der Waals surface area contributed by atoms with E-state index in [2.05, 4.69) is 77.5 Å². The average Bonchev–Trinajstić information content (AvgIpc) is 4.17. The largest absolute Gasteiger partial charge is 0.359 e. The Bertz CT molecular complexity index is 2820. The third-order valence-corrected chi connectivity index (χ3v) is 21.2. The minimum Gasteiger partial charge on any atom is -0.359 e. The molecule has 3 N–H and O–H groups in total. The first kappa shape index (κ1) is 52.9. The van der Waals surface area contributed by atoms with Crippen LogP contribution in [0.25, 0.3) is 0 Å². The molecule has 4 aromatic rings. The van der Waals surface area contributed by atoms with Gasteiger partial charge in [-0.15, -0.1) is 10.2 Å². The molecule has 0 bridgehead atoms. The molecule has 3 saturated heterocycles. The molecule has 3 aliphatic heterocycles. The van der Waals surface area contributed by atoms with Crippen molar-refractivity contribution in [2.75, 3.05) is 82.9 Å². The van der Waals surface area contributed by atoms with Crippen molar-refractivity contribution in [3.05, 3.63) is 56.6 Å². The lowest BCUT2D eigenvalue weighted by atomic mass is 9.68. The molecule has 22 heteroatoms. The van der Waals surface area contributed by atoms with Crippen molar-refractivity contribution < 1.29 is 30.4 Å². The van der Waals surface area contributed by atoms with E-state index in [0.29, 0.717) is 50.1 Å². The van der Waals surface area contributed by atoms with Gasteiger partial charge in [0.1, 0.15) is 20.1 Å². The van der Waals surface area contributed by atoms with E-state index in [1.165, 1.54) is 85.7 Å². The van der Waals surface area contributed by atoms with Gasteiger partial charge in [-0.25, -0.2) is 35.4 Å². The summed E-state index contributed by atoms with van der Waals surface area (Å²) in [5.74, 6) is 0.667. The molecule has 400 valence electrons. The zero-order valence-electron chi connectivity index (χ0n) is 42.9. The number of benzene rings is 2. The van der Waals surface area contributed by atoms with Gasteiger partial charge in [0.25, 0.3) is 29.4 Å². The molecule has 0 radical (unpaired) electrons. The number of nitrogens with one attached hydrogen (secondary N) is 3. The van der Waals surface area contributed by atoms with Crippen LogP contribution in [0.15, 0.2) is 22.4 Å². The van der Waals surface area contributed by atoms with E-state index in [4.69, 9.17) is 15.4 Å². The number of aromatic nitrogens is 6. The molecule has 0 amide bonds. The number of aromatic amines is 1. The Morgan fingerprint density at radius 2 is 1.22 bits per heavy atom. The summed E-state index contributed by atoms with van der Waals surface area (Å²) in [7, 11) is -3.45. The summed E-state index contributed by atoms with van der Waals surface area (Å²) in [6, 6.07) is 5.74. The van der Waals surface area contributed by atoms with Gasteiger partial charge in [-0.3, -0.25) is 0 Å². The fraction of sp³-hybridized carbons (Fsp3) is 0.686. The molecule has 16 nitrogen and oxygen atoms in total. The summed E-state index contributed by atoms with van der Waals surface area (Å²) in [5.41, 5.74) is 13.7. The van der Waals surface area contributed by atoms with Crippen molar-refractivity contribution >= 4 is 61.1 Å². The second kappa shape index (κ2) is 21.5. The van der Waals surface area contributed by atoms with E-state index in [1.807, 2.05) is 0 Å². The van der Waals surface area contributed by atoms with Crippen LogP contribution in [0.4, 0.5) is 32.1 Å². The van der Waals surface area contributed by atoms with Gasteiger partial charge in [0.2, 0.25) is 11.9 Å². The first-order valence-corrected chi connectivity index (χ1v) is 34.2. The summed E-state index contributed by atoms with van der Waals surface area (Å²) < 4.78 is 83.2. The normalized spacial score (nSPS) is 20.7. The topological polar surface area (TPSA) is 184 Å². The van der Waals surface area contributed by atoms with Crippen LogP contribution in [-0.2, 0) is 81.9 Å². The summed E-state index contributed by atoms with van der Waals surface area (Å²) in [4.78, 5) is 12.9. The summed E-state index contributed by atoms with van der Waals surface area (Å²) in [5, 5.41) is 17.2. The highest BCUT2D eigenvalue weighted by Gasteiger charge is 2.52. The monoisotopic (exact) mass is 1090 g/mol. The molecule has 12 rings (SSSR count). The number of aryl methyl sites for hydroxylation is 4. The highest BCUT2D eigenvalue weighted by atomic mass is 35.7. The smallest absolute Gasteiger partial charge is 0.298 e. The fourth-order valence-electron chi connectivity index (χ4n) is 12.7. The number of hydrogen-bond acceptors (Lipinski definition) is 13. The van der Waals surface area contributed by atoms with Crippen LogP contribution in [0.2, 0.25) is 25.7 Å². The van der Waals surface area contributed by atoms with Crippen LogP contribution in [0, 0.1) is 10.8 Å². The third kappa shape index (κ3) is 11.6. The average molecular weight is 1090 g/mol. The highest BCUT2D eigenvalue weighted by Crippen LogP contribution is 2.48. The maximum absolute atomic E-state index is 13.1. The predicted molar refractivity (Wildman–Crippen MR) is 283 cm³/mol. The van der Waals surface area contributed by atoms with Gasteiger partial charge in [0.15, 0.2) is 0 Å². The maximum Gasteiger partial charge on any atom is 0.298 e. The van der Waals surface area contributed by atoms with Crippen LogP contribution in [-0.4, -0.2) is 141 Å². The molecule has 2 aromatic carbocycles. The number of likely N-dealkylation sites (tertiary alicyclic amines) is 2. The first-order chi connectivity index (χ1) is 34.9. The highest BCUT2D eigenvalue weighted by molar-refractivity contribution is 8.13. The number of halogens is 3. The van der Waals surface area contributed by atoms with Crippen LogP contribution >= 0.6 is 10.7 Å². The van der Waals surface area contributed by atoms with E-state index >= 15 is 0 Å². The van der Waals surface area contributed by atoms with Crippen LogP contribution in [0.1, 0.15) is 102 Å². The number of rotatable bonds is 16. The Balaban J connectivity index is 0.000000139. The van der Waals surface area contributed by atoms with Crippen molar-refractivity contribution in [2.24, 2.45) is 10.8 Å². The minimum atomic E-state index is -4.03. The molecule has 0 atom stereocenters. The van der Waals surface area contributed by atoms with Crippen molar-refractivity contribution in [3.63, 3.8) is 0 Å². The maximum atomic E-state index is 13.1. The Labute approximate surface area is 435 Å². The molecular weight excluding hydrogens is 1010 g/mol. The Morgan fingerprint density at radius 3 is 1.70 bits per heavy atom. The zero-order chi connectivity index (χ0) is 51.2. The summed E-state index contributed by atoms with van der Waals surface area (Å²) >= 11 is 0.